The quantitative estimate of drug-likeness (QED) is 0.692. The highest BCUT2D eigenvalue weighted by molar-refractivity contribution is 5.83. The van der Waals surface area contributed by atoms with Gasteiger partial charge in [-0.2, -0.15) is 0 Å². The van der Waals surface area contributed by atoms with Crippen LogP contribution in [0.5, 0.6) is 0 Å². The van der Waals surface area contributed by atoms with Gasteiger partial charge < -0.3 is 15.7 Å². The van der Waals surface area contributed by atoms with E-state index in [2.05, 4.69) is 10.6 Å². The predicted octanol–water partition coefficient (Wildman–Crippen LogP) is 1.16. The molecule has 108 valence electrons. The minimum absolute atomic E-state index is 0.0613. The molecule has 0 aliphatic carbocycles. The lowest BCUT2D eigenvalue weighted by Gasteiger charge is -1.98. The summed E-state index contributed by atoms with van der Waals surface area (Å²) in [7, 11) is 1.52. The minimum atomic E-state index is -0.693. The molecule has 0 aliphatic rings. The summed E-state index contributed by atoms with van der Waals surface area (Å²) in [4.78, 5) is 30.3. The van der Waals surface area contributed by atoms with E-state index in [0.717, 1.165) is 12.8 Å². The smallest absolute Gasteiger partial charge is 0.303 e. The number of likely N-dealkylation sites (N-methyl/N-ethyl adjacent to an activating group) is 1. The van der Waals surface area contributed by atoms with Crippen molar-refractivity contribution in [3.05, 3.63) is 0 Å². The van der Waals surface area contributed by atoms with Crippen LogP contribution in [0.3, 0.4) is 0 Å². The van der Waals surface area contributed by atoms with Crippen molar-refractivity contribution in [3.8, 4) is 0 Å². The molecule has 3 N–H and O–H groups in total. The van der Waals surface area contributed by atoms with Crippen LogP contribution in [0.1, 0.15) is 47.0 Å². The molecular weight excluding hydrogens is 236 g/mol. The highest BCUT2D eigenvalue weighted by Gasteiger charge is 1.95. The van der Waals surface area contributed by atoms with Gasteiger partial charge in [-0.15, -0.1) is 0 Å². The van der Waals surface area contributed by atoms with Crippen LogP contribution in [0.15, 0.2) is 0 Å². The Morgan fingerprint density at radius 3 is 1.89 bits per heavy atom. The summed E-state index contributed by atoms with van der Waals surface area (Å²) in [6.07, 6.45) is 2.08. The topological polar surface area (TPSA) is 95.5 Å². The molecule has 0 aromatic rings. The molecule has 0 aliphatic heterocycles. The van der Waals surface area contributed by atoms with Gasteiger partial charge in [0.1, 0.15) is 0 Å². The molecule has 0 aromatic heterocycles. The van der Waals surface area contributed by atoms with Gasteiger partial charge in [0.25, 0.3) is 0 Å². The van der Waals surface area contributed by atoms with Crippen molar-refractivity contribution in [3.63, 3.8) is 0 Å². The fourth-order valence-corrected chi connectivity index (χ4v) is 0.621. The van der Waals surface area contributed by atoms with Crippen LogP contribution in [0.25, 0.3) is 0 Å². The summed E-state index contributed by atoms with van der Waals surface area (Å²) in [5.41, 5.74) is 0. The summed E-state index contributed by atoms with van der Waals surface area (Å²) < 4.78 is 0. The maximum atomic E-state index is 10.4. The Balaban J connectivity index is -0.000000225. The van der Waals surface area contributed by atoms with E-state index >= 15 is 0 Å². The lowest BCUT2D eigenvalue weighted by molar-refractivity contribution is -0.137. The molecule has 0 unspecified atom stereocenters. The van der Waals surface area contributed by atoms with Crippen molar-refractivity contribution in [2.24, 2.45) is 0 Å². The van der Waals surface area contributed by atoms with Gasteiger partial charge in [0, 0.05) is 20.4 Å². The first kappa shape index (κ1) is 21.7. The molecule has 0 saturated carbocycles. The molecule has 18 heavy (non-hydrogen) atoms. The van der Waals surface area contributed by atoms with Gasteiger partial charge in [0.2, 0.25) is 11.8 Å². The van der Waals surface area contributed by atoms with Gasteiger partial charge in [0.15, 0.2) is 0 Å². The normalized spacial score (nSPS) is 7.83. The van der Waals surface area contributed by atoms with Crippen molar-refractivity contribution in [1.29, 1.82) is 0 Å². The Kier molecular flexibility index (Phi) is 21.4. The zero-order chi connectivity index (χ0) is 15.0. The highest BCUT2D eigenvalue weighted by Crippen LogP contribution is 1.91. The molecule has 0 aromatic carbocycles. The first-order valence-corrected chi connectivity index (χ1v) is 6.10. The van der Waals surface area contributed by atoms with E-state index in [0.29, 0.717) is 6.42 Å². The fraction of sp³-hybridized carbons (Fsp3) is 0.750. The SMILES string of the molecule is CC.CCCCC(=O)O.CNC(=O)CNC(C)=O. The van der Waals surface area contributed by atoms with Crippen molar-refractivity contribution in [2.45, 2.75) is 47.0 Å². The number of carboxylic acids is 1. The molecule has 0 atom stereocenters. The van der Waals surface area contributed by atoms with E-state index in [9.17, 15) is 14.4 Å². The van der Waals surface area contributed by atoms with Crippen LogP contribution in [0, 0.1) is 0 Å². The summed E-state index contributed by atoms with van der Waals surface area (Å²) >= 11 is 0. The first-order valence-electron chi connectivity index (χ1n) is 6.10. The Bertz CT molecular complexity index is 230. The third kappa shape index (κ3) is 29.3. The number of amides is 2. The van der Waals surface area contributed by atoms with Gasteiger partial charge in [-0.1, -0.05) is 27.2 Å². The molecule has 0 radical (unpaired) electrons. The average Bonchev–Trinajstić information content (AvgIpc) is 2.36. The van der Waals surface area contributed by atoms with Crippen LogP contribution in [0.2, 0.25) is 0 Å². The average molecular weight is 262 g/mol. The second kappa shape index (κ2) is 17.8. The maximum Gasteiger partial charge on any atom is 0.303 e. The minimum Gasteiger partial charge on any atom is -0.481 e. The van der Waals surface area contributed by atoms with Crippen LogP contribution in [-0.2, 0) is 14.4 Å². The van der Waals surface area contributed by atoms with E-state index in [4.69, 9.17) is 5.11 Å². The molecule has 6 heteroatoms. The Hall–Kier alpha value is -1.59. The molecule has 0 heterocycles. The molecule has 0 fully saturated rings. The third-order valence-electron chi connectivity index (χ3n) is 1.52. The summed E-state index contributed by atoms with van der Waals surface area (Å²) in [6.45, 7) is 7.40. The highest BCUT2D eigenvalue weighted by atomic mass is 16.4. The molecule has 6 nitrogen and oxygen atoms in total. The fourth-order valence-electron chi connectivity index (χ4n) is 0.621. The van der Waals surface area contributed by atoms with Gasteiger partial charge in [0.05, 0.1) is 6.54 Å². The summed E-state index contributed by atoms with van der Waals surface area (Å²) in [5, 5.41) is 12.8. The van der Waals surface area contributed by atoms with Crippen LogP contribution in [0.4, 0.5) is 0 Å². The van der Waals surface area contributed by atoms with Crippen molar-refractivity contribution in [2.75, 3.05) is 13.6 Å². The Morgan fingerprint density at radius 2 is 1.67 bits per heavy atom. The number of hydrogen-bond acceptors (Lipinski definition) is 3. The van der Waals surface area contributed by atoms with E-state index < -0.39 is 5.97 Å². The Morgan fingerprint density at radius 1 is 1.17 bits per heavy atom. The van der Waals surface area contributed by atoms with Crippen LogP contribution < -0.4 is 10.6 Å². The largest absolute Gasteiger partial charge is 0.481 e. The van der Waals surface area contributed by atoms with Crippen molar-refractivity contribution < 1.29 is 19.5 Å². The van der Waals surface area contributed by atoms with Crippen molar-refractivity contribution >= 4 is 17.8 Å². The van der Waals surface area contributed by atoms with Crippen LogP contribution >= 0.6 is 0 Å². The number of carboxylic acid groups (broad SMARTS) is 1. The molecule has 0 spiro atoms. The van der Waals surface area contributed by atoms with Gasteiger partial charge in [-0.3, -0.25) is 14.4 Å². The van der Waals surface area contributed by atoms with Gasteiger partial charge in [-0.05, 0) is 6.42 Å². The van der Waals surface area contributed by atoms with Gasteiger partial charge in [-0.25, -0.2) is 0 Å². The number of rotatable bonds is 5. The van der Waals surface area contributed by atoms with E-state index in [1.54, 1.807) is 0 Å². The van der Waals surface area contributed by atoms with E-state index in [-0.39, 0.29) is 18.4 Å². The third-order valence-corrected chi connectivity index (χ3v) is 1.52. The van der Waals surface area contributed by atoms with Crippen molar-refractivity contribution in [1.82, 2.24) is 10.6 Å². The van der Waals surface area contributed by atoms with Crippen LogP contribution in [-0.4, -0.2) is 36.5 Å². The Labute approximate surface area is 109 Å². The lowest BCUT2D eigenvalue weighted by atomic mass is 10.3. The number of nitrogens with one attached hydrogen (secondary N) is 2. The first-order chi connectivity index (χ1) is 8.43. The molecule has 0 saturated heterocycles. The number of carbonyl (C=O) groups excluding carboxylic acids is 2. The lowest BCUT2D eigenvalue weighted by Crippen LogP contribution is -2.33. The van der Waals surface area contributed by atoms with E-state index in [1.165, 1.54) is 14.0 Å². The predicted molar refractivity (Wildman–Crippen MR) is 71.3 cm³/mol. The summed E-state index contributed by atoms with van der Waals surface area (Å²) in [6, 6.07) is 0. The molecule has 0 bridgehead atoms. The zero-order valence-corrected chi connectivity index (χ0v) is 12.0. The second-order valence-corrected chi connectivity index (χ2v) is 3.08. The maximum absolute atomic E-state index is 10.4. The molecule has 0 rings (SSSR count). The van der Waals surface area contributed by atoms with Gasteiger partial charge >= 0.3 is 5.97 Å². The zero-order valence-electron chi connectivity index (χ0n) is 12.0. The number of hydrogen-bond donors (Lipinski definition) is 3. The number of carbonyl (C=O) groups is 3. The number of aliphatic carboxylic acids is 1. The summed E-state index contributed by atoms with van der Waals surface area (Å²) in [5.74, 6) is -1.08. The monoisotopic (exact) mass is 262 g/mol. The van der Waals surface area contributed by atoms with E-state index in [1.807, 2.05) is 20.8 Å². The standard InChI is InChI=1S/C5H10N2O2.C5H10O2.C2H6/c1-4(8)7-3-5(9)6-2;1-2-3-4-5(6)7;1-2/h3H2,1-2H3,(H,6,9)(H,7,8);2-4H2,1H3,(H,6,7);1-2H3. The second-order valence-electron chi connectivity index (χ2n) is 3.08. The molecular formula is C12H26N2O4. The molecule has 2 amide bonds. The number of unbranched alkanes of at least 4 members (excludes halogenated alkanes) is 1.